The first-order chi connectivity index (χ1) is 17.5. The Balaban J connectivity index is 1.17. The van der Waals surface area contributed by atoms with E-state index in [1.54, 1.807) is 0 Å². The van der Waals surface area contributed by atoms with E-state index < -0.39 is 12.0 Å². The van der Waals surface area contributed by atoms with E-state index >= 15 is 0 Å². The van der Waals surface area contributed by atoms with Gasteiger partial charge in [0.15, 0.2) is 5.84 Å². The number of amidine groups is 1. The Bertz CT molecular complexity index is 1230. The molecule has 0 amide bonds. The molecule has 2 saturated heterocycles. The van der Waals surface area contributed by atoms with Crippen LogP contribution in [0.1, 0.15) is 30.0 Å². The van der Waals surface area contributed by atoms with E-state index in [9.17, 15) is 9.90 Å². The average molecular weight is 488 g/mol. The Morgan fingerprint density at radius 3 is 2.19 bits per heavy atom. The Morgan fingerprint density at radius 2 is 1.56 bits per heavy atom. The Hall–Kier alpha value is -3.62. The summed E-state index contributed by atoms with van der Waals surface area (Å²) in [7, 11) is 0. The molecule has 1 atom stereocenters. The van der Waals surface area contributed by atoms with Crippen molar-refractivity contribution in [1.29, 1.82) is 0 Å². The summed E-state index contributed by atoms with van der Waals surface area (Å²) in [6.07, 6.45) is 1.96. The molecular formula is C28H33N5O3. The zero-order valence-electron chi connectivity index (χ0n) is 20.3. The number of carboxylic acid groups (broad SMARTS) is 1. The number of nitrogens with two attached hydrogens (primary N) is 1. The highest BCUT2D eigenvalue weighted by Crippen LogP contribution is 2.29. The third-order valence-corrected chi connectivity index (χ3v) is 7.65. The van der Waals surface area contributed by atoms with Crippen molar-refractivity contribution in [3.05, 3.63) is 77.9 Å². The maximum absolute atomic E-state index is 12.3. The number of piperidine rings is 1. The molecule has 0 aliphatic carbocycles. The van der Waals surface area contributed by atoms with Gasteiger partial charge >= 0.3 is 5.97 Å². The lowest BCUT2D eigenvalue weighted by atomic mass is 9.96. The van der Waals surface area contributed by atoms with Gasteiger partial charge in [0.05, 0.1) is 0 Å². The van der Waals surface area contributed by atoms with Gasteiger partial charge < -0.3 is 20.9 Å². The number of piperazine rings is 1. The molecule has 36 heavy (non-hydrogen) atoms. The quantitative estimate of drug-likeness (QED) is 0.212. The topological polar surface area (TPSA) is 106 Å². The fraction of sp³-hybridized carbons (Fsp3) is 0.357. The zero-order chi connectivity index (χ0) is 25.1. The molecule has 4 N–H and O–H groups in total. The molecule has 2 fully saturated rings. The van der Waals surface area contributed by atoms with Crippen molar-refractivity contribution in [2.24, 2.45) is 10.9 Å². The van der Waals surface area contributed by atoms with Crippen molar-refractivity contribution in [2.45, 2.75) is 24.9 Å². The lowest BCUT2D eigenvalue weighted by Crippen LogP contribution is -2.54. The van der Waals surface area contributed by atoms with Gasteiger partial charge in [-0.3, -0.25) is 14.6 Å². The minimum absolute atomic E-state index is 0.114. The first kappa shape index (κ1) is 24.1. The molecular weight excluding hydrogens is 454 g/mol. The van der Waals surface area contributed by atoms with Crippen LogP contribution >= 0.6 is 0 Å². The van der Waals surface area contributed by atoms with Gasteiger partial charge in [0.2, 0.25) is 0 Å². The third kappa shape index (κ3) is 5.01. The highest BCUT2D eigenvalue weighted by atomic mass is 16.4. The van der Waals surface area contributed by atoms with E-state index in [-0.39, 0.29) is 5.84 Å². The number of rotatable bonds is 6. The van der Waals surface area contributed by atoms with Crippen molar-refractivity contribution in [3.63, 3.8) is 0 Å². The Labute approximate surface area is 211 Å². The Kier molecular flexibility index (Phi) is 7.06. The van der Waals surface area contributed by atoms with Crippen molar-refractivity contribution in [2.75, 3.05) is 44.2 Å². The number of carbonyl (C=O) groups is 1. The first-order valence-corrected chi connectivity index (χ1v) is 12.6. The highest BCUT2D eigenvalue weighted by Gasteiger charge is 2.33. The molecule has 8 heteroatoms. The summed E-state index contributed by atoms with van der Waals surface area (Å²) in [6, 6.07) is 21.7. The normalized spacial score (nSPS) is 19.4. The SMILES string of the molecule is NC(=NO)c1ccc(N2CCN(C3CCN(C(C(=O)O)c4ccc5ccccc5c4)CC3)CC2)cc1. The van der Waals surface area contributed by atoms with Crippen LogP contribution in [0.5, 0.6) is 0 Å². The van der Waals surface area contributed by atoms with Gasteiger partial charge in [-0.2, -0.15) is 0 Å². The standard InChI is InChI=1S/C28H33N5O3/c29-27(30-36)21-7-9-24(10-8-21)31-15-17-32(18-16-31)25-11-13-33(14-12-25)26(28(34)35)23-6-5-20-3-1-2-4-22(20)19-23/h1-10,19,25-26,36H,11-18H2,(H2,29,30)(H,34,35). The van der Waals surface area contributed by atoms with E-state index in [0.29, 0.717) is 11.6 Å². The van der Waals surface area contributed by atoms with E-state index in [4.69, 9.17) is 10.9 Å². The van der Waals surface area contributed by atoms with Crippen LogP contribution in [0.4, 0.5) is 5.69 Å². The molecule has 0 aromatic heterocycles. The number of hydrogen-bond donors (Lipinski definition) is 3. The minimum atomic E-state index is -0.782. The first-order valence-electron chi connectivity index (χ1n) is 12.6. The van der Waals surface area contributed by atoms with E-state index in [1.807, 2.05) is 60.7 Å². The lowest BCUT2D eigenvalue weighted by molar-refractivity contribution is -0.144. The van der Waals surface area contributed by atoms with E-state index in [2.05, 4.69) is 25.9 Å². The van der Waals surface area contributed by atoms with Gasteiger partial charge in [-0.05, 0) is 59.5 Å². The number of aliphatic carboxylic acids is 1. The van der Waals surface area contributed by atoms with Crippen molar-refractivity contribution >= 4 is 28.3 Å². The summed E-state index contributed by atoms with van der Waals surface area (Å²) in [5.41, 5.74) is 8.36. The second kappa shape index (κ2) is 10.6. The number of anilines is 1. The minimum Gasteiger partial charge on any atom is -0.480 e. The molecule has 0 radical (unpaired) electrons. The van der Waals surface area contributed by atoms with Gasteiger partial charge in [0.1, 0.15) is 6.04 Å². The smallest absolute Gasteiger partial charge is 0.325 e. The predicted octanol–water partition coefficient (Wildman–Crippen LogP) is 3.35. The molecule has 1 unspecified atom stereocenters. The fourth-order valence-corrected chi connectivity index (χ4v) is 5.64. The molecule has 3 aromatic carbocycles. The summed E-state index contributed by atoms with van der Waals surface area (Å²) in [4.78, 5) is 19.3. The molecule has 0 bridgehead atoms. The van der Waals surface area contributed by atoms with Crippen molar-refractivity contribution in [3.8, 4) is 0 Å². The second-order valence-electron chi connectivity index (χ2n) is 9.67. The van der Waals surface area contributed by atoms with Crippen LogP contribution in [0.15, 0.2) is 71.9 Å². The fourth-order valence-electron chi connectivity index (χ4n) is 5.64. The second-order valence-corrected chi connectivity index (χ2v) is 9.67. The zero-order valence-corrected chi connectivity index (χ0v) is 20.3. The molecule has 5 rings (SSSR count). The number of likely N-dealkylation sites (tertiary alicyclic amines) is 1. The molecule has 0 saturated carbocycles. The summed E-state index contributed by atoms with van der Waals surface area (Å²) >= 11 is 0. The van der Waals surface area contributed by atoms with Crippen LogP contribution in [0.3, 0.4) is 0 Å². The summed E-state index contributed by atoms with van der Waals surface area (Å²) < 4.78 is 0. The van der Waals surface area contributed by atoms with Gasteiger partial charge in [-0.15, -0.1) is 0 Å². The summed E-state index contributed by atoms with van der Waals surface area (Å²) in [5, 5.41) is 24.2. The van der Waals surface area contributed by atoms with E-state index in [0.717, 1.165) is 74.1 Å². The maximum Gasteiger partial charge on any atom is 0.325 e. The molecule has 2 heterocycles. The Morgan fingerprint density at radius 1 is 0.889 bits per heavy atom. The maximum atomic E-state index is 12.3. The predicted molar refractivity (Wildman–Crippen MR) is 142 cm³/mol. The molecule has 188 valence electrons. The number of oxime groups is 1. The average Bonchev–Trinajstić information content (AvgIpc) is 2.93. The van der Waals surface area contributed by atoms with Crippen LogP contribution in [-0.4, -0.2) is 77.2 Å². The molecule has 8 nitrogen and oxygen atoms in total. The van der Waals surface area contributed by atoms with Gasteiger partial charge in [-0.25, -0.2) is 0 Å². The summed E-state index contributed by atoms with van der Waals surface area (Å²) in [5.74, 6) is -0.668. The third-order valence-electron chi connectivity index (χ3n) is 7.65. The van der Waals surface area contributed by atoms with Gasteiger partial charge in [0.25, 0.3) is 0 Å². The molecule has 2 aliphatic rings. The van der Waals surface area contributed by atoms with Crippen LogP contribution in [0.2, 0.25) is 0 Å². The highest BCUT2D eigenvalue weighted by molar-refractivity contribution is 5.97. The van der Waals surface area contributed by atoms with Crippen LogP contribution in [-0.2, 0) is 4.79 Å². The molecule has 2 aliphatic heterocycles. The largest absolute Gasteiger partial charge is 0.480 e. The van der Waals surface area contributed by atoms with E-state index in [1.165, 1.54) is 0 Å². The lowest BCUT2D eigenvalue weighted by Gasteiger charge is -2.44. The molecule has 0 spiro atoms. The van der Waals surface area contributed by atoms with Gasteiger partial charge in [-0.1, -0.05) is 41.6 Å². The monoisotopic (exact) mass is 487 g/mol. The summed E-state index contributed by atoms with van der Waals surface area (Å²) in [6.45, 7) is 5.42. The number of carboxylic acids is 1. The van der Waals surface area contributed by atoms with Crippen LogP contribution < -0.4 is 10.6 Å². The molecule has 3 aromatic rings. The number of nitrogens with zero attached hydrogens (tertiary/aromatic N) is 4. The number of benzene rings is 3. The number of hydrogen-bond acceptors (Lipinski definition) is 6. The van der Waals surface area contributed by atoms with Crippen LogP contribution in [0.25, 0.3) is 10.8 Å². The van der Waals surface area contributed by atoms with Gasteiger partial charge in [0, 0.05) is 56.6 Å². The number of fused-ring (bicyclic) bond motifs is 1. The van der Waals surface area contributed by atoms with Crippen molar-refractivity contribution in [1.82, 2.24) is 9.80 Å². The van der Waals surface area contributed by atoms with Crippen molar-refractivity contribution < 1.29 is 15.1 Å². The van der Waals surface area contributed by atoms with Crippen LogP contribution in [0, 0.1) is 0 Å².